The Balaban J connectivity index is 1.15. The molecule has 0 aromatic heterocycles. The Hall–Kier alpha value is -3.92. The molecule has 1 aromatic carbocycles. The molecule has 0 spiro atoms. The van der Waals surface area contributed by atoms with Gasteiger partial charge in [0.25, 0.3) is 5.69 Å². The highest BCUT2D eigenvalue weighted by Crippen LogP contribution is 2.64. The van der Waals surface area contributed by atoms with Crippen molar-refractivity contribution in [2.45, 2.75) is 108 Å². The van der Waals surface area contributed by atoms with Crippen LogP contribution in [0.3, 0.4) is 0 Å². The van der Waals surface area contributed by atoms with Crippen LogP contribution in [0.1, 0.15) is 78.6 Å². The van der Waals surface area contributed by atoms with E-state index in [2.05, 4.69) is 11.4 Å². The number of nitro groups is 1. The lowest BCUT2D eigenvalue weighted by atomic mass is 9.46. The number of nitrogens with one attached hydrogen (secondary N) is 1. The molecule has 6 fully saturated rings. The molecule has 13 heteroatoms. The van der Waals surface area contributed by atoms with E-state index in [1.165, 1.54) is 24.3 Å². The molecule has 1 aliphatic heterocycles. The van der Waals surface area contributed by atoms with Crippen LogP contribution in [-0.2, 0) is 19.0 Å². The van der Waals surface area contributed by atoms with Crippen molar-refractivity contribution in [1.82, 2.24) is 10.2 Å². The molecule has 1 N–H and O–H groups in total. The minimum absolute atomic E-state index is 0.0297. The molecular weight excluding hydrogens is 596 g/mol. The van der Waals surface area contributed by atoms with Crippen LogP contribution in [0.25, 0.3) is 0 Å². The summed E-state index contributed by atoms with van der Waals surface area (Å²) >= 11 is 0. The Morgan fingerprint density at radius 3 is 2.37 bits per heavy atom. The number of hydrogen-bond donors (Lipinski definition) is 1. The summed E-state index contributed by atoms with van der Waals surface area (Å²) in [5.74, 6) is 0.879. The summed E-state index contributed by atoms with van der Waals surface area (Å²) in [7, 11) is 0. The van der Waals surface area contributed by atoms with Crippen LogP contribution in [-0.4, -0.2) is 70.5 Å². The van der Waals surface area contributed by atoms with Gasteiger partial charge < -0.3 is 29.2 Å². The van der Waals surface area contributed by atoms with Crippen LogP contribution < -0.4 is 10.1 Å². The highest BCUT2D eigenvalue weighted by molar-refractivity contribution is 5.88. The van der Waals surface area contributed by atoms with Gasteiger partial charge in [0.15, 0.2) is 0 Å². The predicted octanol–water partition coefficient (Wildman–Crippen LogP) is 5.26. The molecule has 1 saturated heterocycles. The fourth-order valence-corrected chi connectivity index (χ4v) is 9.21. The highest BCUT2D eigenvalue weighted by atomic mass is 16.7. The zero-order valence-electron chi connectivity index (χ0n) is 26.6. The standard InChI is InChI=1S/C33H42N4O9/c1-31(2,3)46-29(39)35-27(28(38)36-24(18-34)13-22-4-9-26(22)36)32-14-20-12-21(15-32)17-33(16-20,19-32)44-11-10-43-30(40)45-25-7-5-23(6-8-25)37(41)42/h5-8,20-22,24,26-27H,4,9-17,19H2,1-3H3,(H,35,39)/t20-,21?,22-,24-,26-,27+,32?,33?/m0/s1. The van der Waals surface area contributed by atoms with Crippen molar-refractivity contribution in [2.75, 3.05) is 13.2 Å². The molecule has 248 valence electrons. The zero-order valence-corrected chi connectivity index (χ0v) is 26.6. The lowest BCUT2D eigenvalue weighted by molar-refractivity contribution is -0.384. The maximum absolute atomic E-state index is 14.5. The van der Waals surface area contributed by atoms with Gasteiger partial charge in [-0.2, -0.15) is 5.26 Å². The Bertz CT molecular complexity index is 1400. The predicted molar refractivity (Wildman–Crippen MR) is 161 cm³/mol. The molecule has 2 amide bonds. The number of fused-ring (bicyclic) bond motifs is 1. The Labute approximate surface area is 268 Å². The summed E-state index contributed by atoms with van der Waals surface area (Å²) in [6.45, 7) is 5.41. The van der Waals surface area contributed by atoms with Gasteiger partial charge in [0, 0.05) is 23.6 Å². The maximum Gasteiger partial charge on any atom is 0.513 e. The number of hydrogen-bond acceptors (Lipinski definition) is 10. The second-order valence-electron chi connectivity index (χ2n) is 14.9. The number of amides is 2. The first-order valence-corrected chi connectivity index (χ1v) is 16.2. The monoisotopic (exact) mass is 638 g/mol. The largest absolute Gasteiger partial charge is 0.513 e. The number of nitro benzene ring substituents is 1. The summed E-state index contributed by atoms with van der Waals surface area (Å²) in [6.07, 6.45) is 5.74. The third-order valence-corrected chi connectivity index (χ3v) is 10.5. The molecular formula is C33H42N4O9. The number of nitrogens with zero attached hydrogens (tertiary/aromatic N) is 3. The van der Waals surface area contributed by atoms with Crippen molar-refractivity contribution in [3.8, 4) is 11.8 Å². The number of rotatable bonds is 9. The van der Waals surface area contributed by atoms with Gasteiger partial charge in [-0.15, -0.1) is 0 Å². The smallest absolute Gasteiger partial charge is 0.444 e. The van der Waals surface area contributed by atoms with Crippen molar-refractivity contribution >= 4 is 23.8 Å². The number of ether oxygens (including phenoxy) is 4. The maximum atomic E-state index is 14.5. The number of carbonyl (C=O) groups is 3. The van der Waals surface area contributed by atoms with Gasteiger partial charge >= 0.3 is 12.2 Å². The van der Waals surface area contributed by atoms with E-state index in [1.54, 1.807) is 25.7 Å². The Morgan fingerprint density at radius 1 is 1.09 bits per heavy atom. The van der Waals surface area contributed by atoms with E-state index < -0.39 is 45.9 Å². The van der Waals surface area contributed by atoms with Crippen LogP contribution in [0.2, 0.25) is 0 Å². The molecule has 1 aromatic rings. The minimum Gasteiger partial charge on any atom is -0.444 e. The molecule has 13 nitrogen and oxygen atoms in total. The third kappa shape index (κ3) is 6.36. The van der Waals surface area contributed by atoms with E-state index in [0.29, 0.717) is 30.6 Å². The van der Waals surface area contributed by atoms with Crippen LogP contribution >= 0.6 is 0 Å². The van der Waals surface area contributed by atoms with Crippen LogP contribution in [0.15, 0.2) is 24.3 Å². The second kappa shape index (κ2) is 12.0. The number of non-ortho nitro benzene ring substituents is 1. The zero-order chi connectivity index (χ0) is 32.9. The van der Waals surface area contributed by atoms with Gasteiger partial charge in [-0.25, -0.2) is 9.59 Å². The van der Waals surface area contributed by atoms with E-state index in [-0.39, 0.29) is 36.6 Å². The summed E-state index contributed by atoms with van der Waals surface area (Å²) in [5.41, 5.74) is -1.96. The van der Waals surface area contributed by atoms with E-state index in [0.717, 1.165) is 44.9 Å². The molecule has 6 aliphatic rings. The average Bonchev–Trinajstić information content (AvgIpc) is 3.21. The molecule has 3 unspecified atom stereocenters. The first-order chi connectivity index (χ1) is 21.8. The molecule has 1 heterocycles. The Morgan fingerprint density at radius 2 is 1.78 bits per heavy atom. The summed E-state index contributed by atoms with van der Waals surface area (Å²) in [5, 5.41) is 23.8. The fourth-order valence-electron chi connectivity index (χ4n) is 9.21. The topological polar surface area (TPSA) is 170 Å². The van der Waals surface area contributed by atoms with Gasteiger partial charge in [0.2, 0.25) is 5.91 Å². The highest BCUT2D eigenvalue weighted by Gasteiger charge is 2.64. The number of alkyl carbamates (subject to hydrolysis) is 1. The number of nitriles is 1. The van der Waals surface area contributed by atoms with Gasteiger partial charge in [-0.1, -0.05) is 0 Å². The molecule has 4 bridgehead atoms. The second-order valence-corrected chi connectivity index (χ2v) is 14.9. The number of likely N-dealkylation sites (tertiary alicyclic amines) is 1. The van der Waals surface area contributed by atoms with E-state index >= 15 is 0 Å². The molecule has 8 atom stereocenters. The van der Waals surface area contributed by atoms with Crippen molar-refractivity contribution in [3.63, 3.8) is 0 Å². The quantitative estimate of drug-likeness (QED) is 0.124. The van der Waals surface area contributed by atoms with Crippen LogP contribution in [0.4, 0.5) is 15.3 Å². The van der Waals surface area contributed by atoms with Gasteiger partial charge in [0.05, 0.1) is 23.2 Å². The fraction of sp³-hybridized carbons (Fsp3) is 0.697. The van der Waals surface area contributed by atoms with Gasteiger partial charge in [-0.05, 0) is 108 Å². The number of benzene rings is 1. The van der Waals surface area contributed by atoms with E-state index in [1.807, 2.05) is 0 Å². The lowest BCUT2D eigenvalue weighted by Crippen LogP contribution is -2.67. The van der Waals surface area contributed by atoms with Gasteiger partial charge in [0.1, 0.15) is 30.0 Å². The SMILES string of the molecule is CC(C)(C)OC(=O)N[C@H](C(=O)N1[C@H](C#N)C[C@@H]2CC[C@@H]21)C12CC3C[C@H](CC(OCCOC(=O)Oc4ccc([N+](=O)[O-])cc4)(C3)C1)C2. The average molecular weight is 639 g/mol. The van der Waals surface area contributed by atoms with Crippen molar-refractivity contribution in [1.29, 1.82) is 5.26 Å². The first kappa shape index (κ1) is 32.0. The van der Waals surface area contributed by atoms with E-state index in [4.69, 9.17) is 18.9 Å². The summed E-state index contributed by atoms with van der Waals surface area (Å²) in [6, 6.07) is 6.13. The first-order valence-electron chi connectivity index (χ1n) is 16.2. The molecule has 0 radical (unpaired) electrons. The molecule has 5 aliphatic carbocycles. The van der Waals surface area contributed by atoms with E-state index in [9.17, 15) is 29.8 Å². The molecule has 5 saturated carbocycles. The normalized spacial score (nSPS) is 32.8. The van der Waals surface area contributed by atoms with Crippen LogP contribution in [0, 0.1) is 44.6 Å². The lowest BCUT2D eigenvalue weighted by Gasteiger charge is -2.63. The third-order valence-electron chi connectivity index (χ3n) is 10.5. The number of carbonyl (C=O) groups excluding carboxylic acids is 3. The molecule has 7 rings (SSSR count). The Kier molecular flexibility index (Phi) is 8.38. The summed E-state index contributed by atoms with van der Waals surface area (Å²) < 4.78 is 22.5. The summed E-state index contributed by atoms with van der Waals surface area (Å²) in [4.78, 5) is 52.1. The van der Waals surface area contributed by atoms with Crippen molar-refractivity contribution in [3.05, 3.63) is 34.4 Å². The van der Waals surface area contributed by atoms with Crippen molar-refractivity contribution < 1.29 is 38.3 Å². The van der Waals surface area contributed by atoms with Crippen molar-refractivity contribution in [2.24, 2.45) is 23.2 Å². The molecule has 46 heavy (non-hydrogen) atoms. The van der Waals surface area contributed by atoms with Crippen LogP contribution in [0.5, 0.6) is 5.75 Å². The minimum atomic E-state index is -0.946. The van der Waals surface area contributed by atoms with Gasteiger partial charge in [-0.3, -0.25) is 14.9 Å².